The first-order valence-electron chi connectivity index (χ1n) is 17.4. The second kappa shape index (κ2) is 15.0. The number of benzene rings is 2. The molecule has 0 amide bonds. The fourth-order valence-electron chi connectivity index (χ4n) is 2.27. The molecule has 0 aliphatic carbocycles. The molecular weight excluding hydrogens is 378 g/mol. The second-order valence-corrected chi connectivity index (χ2v) is 6.05. The largest absolute Gasteiger partial charge is 0.508 e. The van der Waals surface area contributed by atoms with Gasteiger partial charge in [-0.05, 0) is 61.7 Å². The summed E-state index contributed by atoms with van der Waals surface area (Å²) in [6, 6.07) is 5.57. The predicted octanol–water partition coefficient (Wildman–Crippen LogP) is 4.11. The Balaban J connectivity index is 2.15. The average Bonchev–Trinajstić information content (AvgIpc) is 2.88. The van der Waals surface area contributed by atoms with Crippen LogP contribution in [-0.4, -0.2) is 41.5 Å². The van der Waals surface area contributed by atoms with Crippen LogP contribution < -0.4 is 5.32 Å². The van der Waals surface area contributed by atoms with E-state index in [1.54, 1.807) is 12.1 Å². The maximum absolute atomic E-state index is 10.7. The standard InChI is InChI=1S/C25H37NO4/c27-20-23-18-22(13-14-24(23)28)25(29)19-26-15-7-1-2-8-16-30-17-9-6-12-21-10-4-3-5-11-21/h3-5,10-11,13-14,18,25-29H,1-2,6-9,12,15-17,19-20H2/i7D2,8D2,13D,14D,15D2,16D2,17D2,18D,20D2,25D. The number of aromatic hydroxyl groups is 1. The van der Waals surface area contributed by atoms with Crippen LogP contribution in [0.1, 0.15) is 83.1 Å². The maximum atomic E-state index is 10.7. The molecule has 0 aromatic heterocycles. The molecule has 0 aliphatic heterocycles. The molecular formula is C25H37NO4. The molecule has 5 nitrogen and oxygen atoms in total. The van der Waals surface area contributed by atoms with Crippen LogP contribution in [0.3, 0.4) is 0 Å². The van der Waals surface area contributed by atoms with Crippen molar-refractivity contribution >= 4 is 0 Å². The van der Waals surface area contributed by atoms with Crippen LogP contribution in [0, 0.1) is 0 Å². The fourth-order valence-corrected chi connectivity index (χ4v) is 2.27. The van der Waals surface area contributed by atoms with Crippen molar-refractivity contribution in [2.45, 2.75) is 57.5 Å². The van der Waals surface area contributed by atoms with Crippen LogP contribution in [0.15, 0.2) is 48.5 Å². The molecule has 0 saturated carbocycles. The van der Waals surface area contributed by atoms with Gasteiger partial charge in [-0.2, -0.15) is 0 Å². The monoisotopic (exact) mass is 431 g/mol. The van der Waals surface area contributed by atoms with Gasteiger partial charge in [0.25, 0.3) is 0 Å². The van der Waals surface area contributed by atoms with Gasteiger partial charge in [0.2, 0.25) is 0 Å². The smallest absolute Gasteiger partial charge is 0.121 e. The summed E-state index contributed by atoms with van der Waals surface area (Å²) in [6.07, 6.45) is -10.9. The number of nitrogens with one attached hydrogen (secondary N) is 1. The lowest BCUT2D eigenvalue weighted by Gasteiger charge is -2.14. The Morgan fingerprint density at radius 2 is 1.87 bits per heavy atom. The van der Waals surface area contributed by atoms with E-state index in [2.05, 4.69) is 0 Å². The van der Waals surface area contributed by atoms with Gasteiger partial charge in [-0.3, -0.25) is 0 Å². The van der Waals surface area contributed by atoms with Crippen LogP contribution in [0.25, 0.3) is 0 Å². The minimum Gasteiger partial charge on any atom is -0.508 e. The Kier molecular flexibility index (Phi) is 5.06. The van der Waals surface area contributed by atoms with E-state index in [0.29, 0.717) is 6.42 Å². The predicted molar refractivity (Wildman–Crippen MR) is 121 cm³/mol. The van der Waals surface area contributed by atoms with E-state index in [1.165, 1.54) is 0 Å². The molecule has 2 aromatic carbocycles. The lowest BCUT2D eigenvalue weighted by Crippen LogP contribution is -2.22. The quantitative estimate of drug-likeness (QED) is 0.322. The molecule has 2 rings (SSSR count). The van der Waals surface area contributed by atoms with Crippen LogP contribution in [0.2, 0.25) is 0 Å². The van der Waals surface area contributed by atoms with Crippen LogP contribution >= 0.6 is 0 Å². The molecule has 0 radical (unpaired) electrons. The minimum atomic E-state index is -3.44. The van der Waals surface area contributed by atoms with E-state index in [0.717, 1.165) is 5.56 Å². The van der Waals surface area contributed by atoms with Gasteiger partial charge in [0.15, 0.2) is 0 Å². The lowest BCUT2D eigenvalue weighted by molar-refractivity contribution is 0.126. The lowest BCUT2D eigenvalue weighted by atomic mass is 10.1. The van der Waals surface area contributed by atoms with Crippen molar-refractivity contribution in [2.24, 2.45) is 0 Å². The van der Waals surface area contributed by atoms with Gasteiger partial charge in [0, 0.05) is 33.5 Å². The molecule has 0 heterocycles. The third-order valence-corrected chi connectivity index (χ3v) is 3.78. The molecule has 0 aliphatic rings. The summed E-state index contributed by atoms with van der Waals surface area (Å²) < 4.78 is 133. The van der Waals surface area contributed by atoms with E-state index < -0.39 is 99.4 Å². The Hall–Kier alpha value is -1.92. The summed E-state index contributed by atoms with van der Waals surface area (Å²) >= 11 is 0. The summed E-state index contributed by atoms with van der Waals surface area (Å²) in [6.45, 7) is -13.8. The molecule has 4 N–H and O–H groups in total. The number of hydrogen-bond acceptors (Lipinski definition) is 5. The summed E-state index contributed by atoms with van der Waals surface area (Å²) in [5.41, 5.74) is -1.42. The highest BCUT2D eigenvalue weighted by atomic mass is 16.5. The van der Waals surface area contributed by atoms with Crippen molar-refractivity contribution in [1.82, 2.24) is 5.32 Å². The highest BCUT2D eigenvalue weighted by molar-refractivity contribution is 5.36. The summed E-state index contributed by atoms with van der Waals surface area (Å²) in [4.78, 5) is 0. The zero-order chi connectivity index (χ0) is 35.7. The second-order valence-electron chi connectivity index (χ2n) is 6.05. The van der Waals surface area contributed by atoms with Crippen molar-refractivity contribution < 1.29 is 42.0 Å². The Bertz CT molecular complexity index is 1350. The number of rotatable bonds is 16. The number of aryl methyl sites for hydroxylation is 1. The Morgan fingerprint density at radius 3 is 2.67 bits per heavy atom. The zero-order valence-electron chi connectivity index (χ0n) is 32.4. The normalized spacial score (nSPS) is 23.9. The topological polar surface area (TPSA) is 82.0 Å². The van der Waals surface area contributed by atoms with Crippen LogP contribution in [0.5, 0.6) is 5.75 Å². The zero-order valence-corrected chi connectivity index (χ0v) is 16.4. The highest BCUT2D eigenvalue weighted by Crippen LogP contribution is 2.22. The third-order valence-electron chi connectivity index (χ3n) is 3.78. The summed E-state index contributed by atoms with van der Waals surface area (Å²) in [5, 5.41) is 32.3. The van der Waals surface area contributed by atoms with Crippen LogP contribution in [0.4, 0.5) is 0 Å². The average molecular weight is 432 g/mol. The van der Waals surface area contributed by atoms with Crippen molar-refractivity contribution in [2.75, 3.05) is 26.2 Å². The van der Waals surface area contributed by atoms with Crippen molar-refractivity contribution in [1.29, 1.82) is 0 Å². The van der Waals surface area contributed by atoms with Crippen molar-refractivity contribution in [3.05, 3.63) is 65.1 Å². The first-order chi connectivity index (χ1) is 20.6. The number of phenols is 1. The molecule has 0 spiro atoms. The molecule has 0 fully saturated rings. The van der Waals surface area contributed by atoms with Gasteiger partial charge in [-0.25, -0.2) is 0 Å². The van der Waals surface area contributed by atoms with E-state index in [1.807, 2.05) is 23.5 Å². The van der Waals surface area contributed by atoms with Gasteiger partial charge >= 0.3 is 0 Å². The molecule has 0 bridgehead atoms. The Morgan fingerprint density at radius 1 is 1.07 bits per heavy atom. The van der Waals surface area contributed by atoms with Crippen molar-refractivity contribution in [3.63, 3.8) is 0 Å². The molecule has 166 valence electrons. The first-order valence-corrected chi connectivity index (χ1v) is 9.36. The van der Waals surface area contributed by atoms with E-state index in [4.69, 9.17) is 26.7 Å². The summed E-state index contributed by atoms with van der Waals surface area (Å²) in [7, 11) is 0. The molecule has 2 aromatic rings. The van der Waals surface area contributed by atoms with E-state index in [-0.39, 0.29) is 12.8 Å². The minimum absolute atomic E-state index is 0.248. The number of hydrogen-bond donors (Lipinski definition) is 4. The molecule has 1 atom stereocenters. The maximum Gasteiger partial charge on any atom is 0.121 e. The molecule has 30 heavy (non-hydrogen) atoms. The number of aliphatic hydroxyl groups is 2. The van der Waals surface area contributed by atoms with Gasteiger partial charge in [-0.15, -0.1) is 0 Å². The SMILES string of the molecule is [2H]c1c([2H])c(C([2H])(O)CNC([2H])([2H])C([2H])([2H])CCC([2H])([2H])C([2H])([2H])OC([2H])([2H])CCCc2ccccc2)c([2H])c(C([2H])([2H])O)c1O. The Labute approximate surface area is 203 Å². The molecule has 0 saturated heterocycles. The van der Waals surface area contributed by atoms with E-state index >= 15 is 0 Å². The van der Waals surface area contributed by atoms with Gasteiger partial charge in [-0.1, -0.05) is 49.2 Å². The van der Waals surface area contributed by atoms with Crippen molar-refractivity contribution in [3.8, 4) is 5.75 Å². The fraction of sp³-hybridized carbons (Fsp3) is 0.520. The summed E-state index contributed by atoms with van der Waals surface area (Å²) in [5.74, 6) is -1.29. The third kappa shape index (κ3) is 9.72. The molecule has 5 heteroatoms. The highest BCUT2D eigenvalue weighted by Gasteiger charge is 2.09. The van der Waals surface area contributed by atoms with Gasteiger partial charge < -0.3 is 25.4 Å². The van der Waals surface area contributed by atoms with Gasteiger partial charge in [0.05, 0.1) is 26.3 Å². The van der Waals surface area contributed by atoms with Crippen LogP contribution in [-0.2, 0) is 17.7 Å². The van der Waals surface area contributed by atoms with Gasteiger partial charge in [0.1, 0.15) is 5.75 Å². The molecule has 1 unspecified atom stereocenters. The van der Waals surface area contributed by atoms with E-state index in [9.17, 15) is 15.3 Å². The first kappa shape index (κ1) is 10.1. The number of ether oxygens (including phenoxy) is 1.